The second kappa shape index (κ2) is 8.25. The first-order chi connectivity index (χ1) is 15.5. The van der Waals surface area contributed by atoms with Gasteiger partial charge in [-0.1, -0.05) is 42.5 Å². The molecule has 4 rings (SSSR count). The van der Waals surface area contributed by atoms with Gasteiger partial charge >= 0.3 is 0 Å². The fourth-order valence-corrected chi connectivity index (χ4v) is 4.01. The number of rotatable bonds is 4. The first kappa shape index (κ1) is 20.6. The molecule has 0 saturated carbocycles. The van der Waals surface area contributed by atoms with Crippen molar-refractivity contribution in [1.29, 1.82) is 10.5 Å². The Kier molecular flexibility index (Phi) is 5.32. The minimum absolute atomic E-state index is 0.0221. The summed E-state index contributed by atoms with van der Waals surface area (Å²) in [4.78, 5) is 0. The van der Waals surface area contributed by atoms with E-state index in [9.17, 15) is 10.5 Å². The van der Waals surface area contributed by atoms with Crippen molar-refractivity contribution in [2.45, 2.75) is 5.92 Å². The zero-order valence-corrected chi connectivity index (χ0v) is 17.5. The van der Waals surface area contributed by atoms with E-state index in [1.165, 1.54) is 0 Å². The Morgan fingerprint density at radius 1 is 0.969 bits per heavy atom. The second-order valence-electron chi connectivity index (χ2n) is 7.14. The molecule has 0 fully saturated rings. The van der Waals surface area contributed by atoms with E-state index in [0.717, 1.165) is 21.9 Å². The number of methoxy groups -OCH3 is 2. The highest BCUT2D eigenvalue weighted by Crippen LogP contribution is 2.48. The monoisotopic (exact) mass is 424 g/mol. The van der Waals surface area contributed by atoms with E-state index < -0.39 is 5.92 Å². The smallest absolute Gasteiger partial charge is 0.197 e. The molecule has 1 aliphatic rings. The summed E-state index contributed by atoms with van der Waals surface area (Å²) in [7, 11) is 3.11. The van der Waals surface area contributed by atoms with E-state index in [1.807, 2.05) is 60.7 Å². The molecule has 1 aliphatic heterocycles. The molecule has 1 atom stereocenters. The standard InChI is InChI=1S/C25H20N4O3/c1-30-19-10-8-15(11-20(19)31-2)21-18-9-7-14-5-3-4-6-17(14)24(18)32-25(29)22(21)23(28)16(12-26)13-27/h3-11,21H,28-29H2,1-2H3. The summed E-state index contributed by atoms with van der Waals surface area (Å²) in [5, 5.41) is 20.7. The van der Waals surface area contributed by atoms with Crippen LogP contribution in [-0.2, 0) is 0 Å². The van der Waals surface area contributed by atoms with Crippen LogP contribution in [0.1, 0.15) is 17.0 Å². The molecule has 0 amide bonds. The maximum absolute atomic E-state index is 9.41. The number of hydrogen-bond donors (Lipinski definition) is 2. The molecule has 3 aromatic carbocycles. The lowest BCUT2D eigenvalue weighted by atomic mass is 9.80. The third kappa shape index (κ3) is 3.23. The van der Waals surface area contributed by atoms with Crippen molar-refractivity contribution in [3.05, 3.63) is 88.5 Å². The molecule has 0 saturated heterocycles. The number of fused-ring (bicyclic) bond motifs is 3. The van der Waals surface area contributed by atoms with Crippen LogP contribution in [0, 0.1) is 22.7 Å². The van der Waals surface area contributed by atoms with Gasteiger partial charge in [-0.05, 0) is 23.1 Å². The molecule has 1 unspecified atom stereocenters. The molecule has 7 nitrogen and oxygen atoms in total. The van der Waals surface area contributed by atoms with Crippen LogP contribution in [0.15, 0.2) is 77.3 Å². The third-order valence-electron chi connectivity index (χ3n) is 5.51. The number of nitrogens with two attached hydrogens (primary N) is 2. The van der Waals surface area contributed by atoms with Gasteiger partial charge in [0.2, 0.25) is 0 Å². The summed E-state index contributed by atoms with van der Waals surface area (Å²) in [5.74, 6) is 1.24. The lowest BCUT2D eigenvalue weighted by Crippen LogP contribution is -2.26. The van der Waals surface area contributed by atoms with E-state index in [0.29, 0.717) is 22.8 Å². The average Bonchev–Trinajstić information content (AvgIpc) is 2.83. The Balaban J connectivity index is 2.05. The molecular weight excluding hydrogens is 404 g/mol. The van der Waals surface area contributed by atoms with E-state index in [-0.39, 0.29) is 17.2 Å². The summed E-state index contributed by atoms with van der Waals surface area (Å²) in [5.41, 5.74) is 14.3. The largest absolute Gasteiger partial charge is 0.493 e. The summed E-state index contributed by atoms with van der Waals surface area (Å²) in [6.07, 6.45) is 0. The first-order valence-electron chi connectivity index (χ1n) is 9.75. The molecular formula is C25H20N4O3. The van der Waals surface area contributed by atoms with Crippen molar-refractivity contribution in [2.75, 3.05) is 14.2 Å². The number of nitrogens with zero attached hydrogens (tertiary/aromatic N) is 2. The maximum atomic E-state index is 9.41. The molecule has 158 valence electrons. The van der Waals surface area contributed by atoms with Gasteiger partial charge < -0.3 is 25.7 Å². The van der Waals surface area contributed by atoms with Crippen molar-refractivity contribution in [2.24, 2.45) is 11.5 Å². The van der Waals surface area contributed by atoms with Crippen molar-refractivity contribution < 1.29 is 14.2 Å². The normalized spacial score (nSPS) is 14.6. The van der Waals surface area contributed by atoms with Crippen molar-refractivity contribution in [3.8, 4) is 29.4 Å². The molecule has 3 aromatic rings. The zero-order valence-electron chi connectivity index (χ0n) is 17.5. The highest BCUT2D eigenvalue weighted by Gasteiger charge is 2.34. The highest BCUT2D eigenvalue weighted by molar-refractivity contribution is 5.91. The maximum Gasteiger partial charge on any atom is 0.197 e. The van der Waals surface area contributed by atoms with Gasteiger partial charge in [0.05, 0.1) is 19.9 Å². The second-order valence-corrected chi connectivity index (χ2v) is 7.14. The van der Waals surface area contributed by atoms with Crippen LogP contribution in [0.2, 0.25) is 0 Å². The third-order valence-corrected chi connectivity index (χ3v) is 5.51. The highest BCUT2D eigenvalue weighted by atomic mass is 16.5. The van der Waals surface area contributed by atoms with Crippen LogP contribution < -0.4 is 25.7 Å². The fraction of sp³-hybridized carbons (Fsp3) is 0.120. The van der Waals surface area contributed by atoms with Crippen LogP contribution in [0.5, 0.6) is 17.2 Å². The Bertz CT molecular complexity index is 1360. The molecule has 0 bridgehead atoms. The number of ether oxygens (including phenoxy) is 3. The fourth-order valence-electron chi connectivity index (χ4n) is 4.01. The molecule has 7 heteroatoms. The molecule has 0 spiro atoms. The van der Waals surface area contributed by atoms with Gasteiger partial charge in [0.1, 0.15) is 17.9 Å². The predicted molar refractivity (Wildman–Crippen MR) is 120 cm³/mol. The molecule has 0 aliphatic carbocycles. The van der Waals surface area contributed by atoms with Crippen LogP contribution in [0.4, 0.5) is 0 Å². The predicted octanol–water partition coefficient (Wildman–Crippen LogP) is 3.81. The van der Waals surface area contributed by atoms with Crippen LogP contribution >= 0.6 is 0 Å². The topological polar surface area (TPSA) is 127 Å². The van der Waals surface area contributed by atoms with Crippen LogP contribution in [0.3, 0.4) is 0 Å². The zero-order chi connectivity index (χ0) is 22.8. The summed E-state index contributed by atoms with van der Waals surface area (Å²) in [6.45, 7) is 0. The van der Waals surface area contributed by atoms with Crippen molar-refractivity contribution in [1.82, 2.24) is 0 Å². The van der Waals surface area contributed by atoms with Gasteiger partial charge in [-0.25, -0.2) is 0 Å². The summed E-state index contributed by atoms with van der Waals surface area (Å²) in [6, 6.07) is 20.9. The molecule has 32 heavy (non-hydrogen) atoms. The van der Waals surface area contributed by atoms with Crippen LogP contribution in [-0.4, -0.2) is 14.2 Å². The van der Waals surface area contributed by atoms with Gasteiger partial charge in [0.25, 0.3) is 0 Å². The van der Waals surface area contributed by atoms with Crippen molar-refractivity contribution >= 4 is 10.8 Å². The Morgan fingerprint density at radius 2 is 1.69 bits per heavy atom. The lowest BCUT2D eigenvalue weighted by molar-refractivity contribution is 0.354. The number of nitriles is 2. The number of allylic oxidation sites excluding steroid dienone is 2. The molecule has 1 heterocycles. The lowest BCUT2D eigenvalue weighted by Gasteiger charge is -2.31. The Labute approximate surface area is 185 Å². The van der Waals surface area contributed by atoms with Gasteiger partial charge in [0, 0.05) is 22.4 Å². The summed E-state index contributed by atoms with van der Waals surface area (Å²) < 4.78 is 16.9. The minimum atomic E-state index is -0.500. The van der Waals surface area contributed by atoms with Gasteiger partial charge in [-0.3, -0.25) is 0 Å². The van der Waals surface area contributed by atoms with E-state index in [2.05, 4.69) is 0 Å². The SMILES string of the molecule is COc1ccc(C2C(C(N)=C(C#N)C#N)=C(N)Oc3c2ccc2ccccc32)cc1OC. The quantitative estimate of drug-likeness (QED) is 0.610. The van der Waals surface area contributed by atoms with Gasteiger partial charge in [-0.2, -0.15) is 10.5 Å². The van der Waals surface area contributed by atoms with Crippen LogP contribution in [0.25, 0.3) is 10.8 Å². The number of hydrogen-bond acceptors (Lipinski definition) is 7. The average molecular weight is 424 g/mol. The van der Waals surface area contributed by atoms with E-state index >= 15 is 0 Å². The molecule has 0 aromatic heterocycles. The van der Waals surface area contributed by atoms with Gasteiger partial charge in [-0.15, -0.1) is 0 Å². The van der Waals surface area contributed by atoms with Gasteiger partial charge in [0.15, 0.2) is 23.0 Å². The number of benzene rings is 3. The first-order valence-corrected chi connectivity index (χ1v) is 9.75. The Morgan fingerprint density at radius 3 is 2.38 bits per heavy atom. The van der Waals surface area contributed by atoms with E-state index in [1.54, 1.807) is 20.3 Å². The molecule has 4 N–H and O–H groups in total. The van der Waals surface area contributed by atoms with E-state index in [4.69, 9.17) is 25.7 Å². The van der Waals surface area contributed by atoms with Crippen molar-refractivity contribution in [3.63, 3.8) is 0 Å². The summed E-state index contributed by atoms with van der Waals surface area (Å²) >= 11 is 0. The minimum Gasteiger partial charge on any atom is -0.493 e. The Hall–Kier alpha value is -4.62. The molecule has 0 radical (unpaired) electrons.